The van der Waals surface area contributed by atoms with Crippen LogP contribution in [0.4, 0.5) is 0 Å². The van der Waals surface area contributed by atoms with Crippen molar-refractivity contribution < 1.29 is 87.9 Å². The molecule has 3 saturated heterocycles. The zero-order valence-electron chi connectivity index (χ0n) is 57.4. The zero-order valence-corrected chi connectivity index (χ0v) is 59.8. The van der Waals surface area contributed by atoms with E-state index in [0.29, 0.717) is 55.1 Å². The van der Waals surface area contributed by atoms with Crippen molar-refractivity contribution in [1.29, 1.82) is 0 Å². The summed E-state index contributed by atoms with van der Waals surface area (Å²) in [6.07, 6.45) is 0.724. The van der Waals surface area contributed by atoms with Gasteiger partial charge < -0.3 is 73.0 Å². The second kappa shape index (κ2) is 42.7. The first kappa shape index (κ1) is 82.4. The number of unbranched alkanes of at least 4 members (excludes halogenated alkanes) is 1. The van der Waals surface area contributed by atoms with Gasteiger partial charge in [-0.05, 0) is 79.9 Å². The van der Waals surface area contributed by atoms with Crippen molar-refractivity contribution >= 4 is 112 Å². The van der Waals surface area contributed by atoms with Gasteiger partial charge in [0.05, 0.1) is 32.3 Å². The average molecular weight is 1470 g/mol. The highest BCUT2D eigenvalue weighted by molar-refractivity contribution is 7.99. The Kier molecular flexibility index (Phi) is 34.8. The average Bonchev–Trinajstić information content (AvgIpc) is 1.81. The fraction of sp³-hybridized carbons (Fsp3) is 0.627. The molecule has 0 saturated carbocycles. The molecule has 34 heteroatoms. The number of primary amides is 1. The largest absolute Gasteiger partial charge is 0.480 e. The molecule has 0 unspecified atom stereocenters. The minimum atomic E-state index is -1.71. The Balaban J connectivity index is 1.23. The van der Waals surface area contributed by atoms with Gasteiger partial charge in [0, 0.05) is 120 Å². The SMILES string of the molecule is CCCCC(=O)N[C@H]1CSCc2cc(CSCCCNC(=O)CN3CCN(CC(=O)O)CCN(CC(=O)O)CCN(CC(=O)O)CC3)cc(c2)CSC[C@@H](C(=O)O)NC(=O)[C@H](Cc2ccccc2)NC(=O)[C@H](CCC(N)=O)NC(=O)[C@H]([C@@H](C)O)NC(=O)[C@@H]2CCCN2C(=O)[C@@H]2CCCN2C1=O. The smallest absolute Gasteiger partial charge is 0.327 e. The van der Waals surface area contributed by atoms with Gasteiger partial charge in [-0.2, -0.15) is 35.3 Å². The Morgan fingerprint density at radius 2 is 1.14 bits per heavy atom. The van der Waals surface area contributed by atoms with Gasteiger partial charge in [-0.3, -0.25) is 77.1 Å². The highest BCUT2D eigenvalue weighted by Crippen LogP contribution is 2.29. The number of hydrogen-bond donors (Lipinski definition) is 12. The van der Waals surface area contributed by atoms with Crippen LogP contribution in [0.15, 0.2) is 48.5 Å². The Labute approximate surface area is 600 Å². The molecule has 0 aromatic heterocycles. The molecule has 8 atom stereocenters. The number of carboxylic acids is 4. The number of nitrogens with two attached hydrogens (primary N) is 1. The molecule has 4 heterocycles. The van der Waals surface area contributed by atoms with E-state index in [0.717, 1.165) is 23.1 Å². The second-order valence-electron chi connectivity index (χ2n) is 25.8. The Bertz CT molecular complexity index is 3150. The quantitative estimate of drug-likeness (QED) is 0.0528. The number of hydrogen-bond acceptors (Lipinski definition) is 21. The molecule has 2 aromatic rings. The monoisotopic (exact) mass is 1470 g/mol. The first-order chi connectivity index (χ1) is 48.3. The standard InChI is InChI=1S/C67H99N13O18S3/c1-3-4-15-55(83)70-50-41-100-39-46-30-45(38-99-29-10-18-69-56(84)34-75-21-23-76(35-57(85)86)25-27-78(37-59(89)90)28-26-77(24-22-75)36-58(87)88)31-47(32-46)40-101-42-51(67(97)98)73-62(92)49(33-44-11-6-5-7-12-44)72-61(91)48(16-17-54(68)82)71-64(94)60(43(2)81)74-63(93)52-13-8-19-79(52)66(96)53-14-9-20-80(53)65(50)95/h5-7,11-12,30-32,43,48-53,60,81H,3-4,8-10,13-29,33-42H2,1-2H3,(H2,68,82)(H,69,84)(H,70,83)(H,71,94)(H,72,91)(H,73,92)(H,74,93)(H,85,86)(H,87,88)(H,89,90)(H,97,98)/t43-,48+,49+,50+,51+,52+,53+,60+/m1/s1. The molecule has 2 aromatic carbocycles. The van der Waals surface area contributed by atoms with Crippen molar-refractivity contribution in [3.8, 4) is 0 Å². The van der Waals surface area contributed by atoms with Gasteiger partial charge in [0.2, 0.25) is 53.2 Å². The Morgan fingerprint density at radius 1 is 0.604 bits per heavy atom. The summed E-state index contributed by atoms with van der Waals surface area (Å²) in [6.45, 7) is 4.84. The van der Waals surface area contributed by atoms with Crippen molar-refractivity contribution in [2.24, 2.45) is 5.73 Å². The van der Waals surface area contributed by atoms with Gasteiger partial charge in [0.25, 0.3) is 0 Å². The predicted octanol–water partition coefficient (Wildman–Crippen LogP) is -1.05. The summed E-state index contributed by atoms with van der Waals surface area (Å²) in [6, 6.07) is 5.02. The lowest BCUT2D eigenvalue weighted by Crippen LogP contribution is -2.61. The highest BCUT2D eigenvalue weighted by atomic mass is 32.2. The molecular weight excluding hydrogens is 1370 g/mol. The number of nitrogens with zero attached hydrogens (tertiary/aromatic N) is 6. The van der Waals surface area contributed by atoms with E-state index in [1.807, 2.05) is 30.0 Å². The van der Waals surface area contributed by atoms with Crippen LogP contribution in [0.3, 0.4) is 0 Å². The molecule has 0 radical (unpaired) electrons. The zero-order chi connectivity index (χ0) is 73.5. The van der Waals surface area contributed by atoms with Crippen LogP contribution in [0, 0.1) is 0 Å². The van der Waals surface area contributed by atoms with E-state index in [1.165, 1.54) is 40.2 Å². The van der Waals surface area contributed by atoms with Gasteiger partial charge in [0.15, 0.2) is 0 Å². The summed E-state index contributed by atoms with van der Waals surface area (Å²) in [5.74, 6) is -9.08. The maximum Gasteiger partial charge on any atom is 0.327 e. The third-order valence-corrected chi connectivity index (χ3v) is 20.9. The number of aliphatic carboxylic acids is 4. The van der Waals surface area contributed by atoms with Crippen LogP contribution in [-0.4, -0.2) is 296 Å². The summed E-state index contributed by atoms with van der Waals surface area (Å²) in [7, 11) is 0. The van der Waals surface area contributed by atoms with Crippen molar-refractivity contribution in [3.05, 3.63) is 70.8 Å². The number of fused-ring (bicyclic) bond motifs is 4. The van der Waals surface area contributed by atoms with Crippen molar-refractivity contribution in [2.45, 2.75) is 150 Å². The molecule has 9 amide bonds. The molecule has 13 N–H and O–H groups in total. The van der Waals surface area contributed by atoms with Crippen molar-refractivity contribution in [3.63, 3.8) is 0 Å². The van der Waals surface area contributed by atoms with Crippen LogP contribution >= 0.6 is 35.3 Å². The third-order valence-electron chi connectivity index (χ3n) is 17.6. The number of aliphatic hydroxyl groups excluding tert-OH is 1. The maximum absolute atomic E-state index is 14.8. The van der Waals surface area contributed by atoms with Crippen LogP contribution < -0.4 is 37.6 Å². The second-order valence-corrected chi connectivity index (χ2v) is 28.9. The fourth-order valence-electron chi connectivity index (χ4n) is 12.3. The topological polar surface area (TPSA) is 441 Å². The van der Waals surface area contributed by atoms with E-state index in [9.17, 15) is 87.9 Å². The fourth-order valence-corrected chi connectivity index (χ4v) is 15.2. The minimum Gasteiger partial charge on any atom is -0.480 e. The summed E-state index contributed by atoms with van der Waals surface area (Å²) < 4.78 is 0. The summed E-state index contributed by atoms with van der Waals surface area (Å²) in [5.41, 5.74) is 8.60. The van der Waals surface area contributed by atoms with Gasteiger partial charge in [0.1, 0.15) is 42.3 Å². The Morgan fingerprint density at radius 3 is 1.68 bits per heavy atom. The first-order valence-electron chi connectivity index (χ1n) is 34.3. The molecular formula is C67H99N13O18S3. The van der Waals surface area contributed by atoms with Crippen LogP contribution in [0.25, 0.3) is 0 Å². The van der Waals surface area contributed by atoms with Crippen molar-refractivity contribution in [2.75, 3.05) is 115 Å². The number of benzene rings is 2. The molecule has 2 bridgehead atoms. The van der Waals surface area contributed by atoms with E-state index >= 15 is 0 Å². The summed E-state index contributed by atoms with van der Waals surface area (Å²) in [4.78, 5) is 184. The predicted molar refractivity (Wildman–Crippen MR) is 378 cm³/mol. The Hall–Kier alpha value is -7.60. The van der Waals surface area contributed by atoms with E-state index in [4.69, 9.17) is 5.73 Å². The number of rotatable bonds is 25. The van der Waals surface area contributed by atoms with Gasteiger partial charge in [-0.25, -0.2) is 4.79 Å². The minimum absolute atomic E-state index is 0.0481. The lowest BCUT2D eigenvalue weighted by molar-refractivity contribution is -0.148. The molecule has 3 fully saturated rings. The number of nitrogens with one attached hydrogen (secondary N) is 6. The van der Waals surface area contributed by atoms with Crippen LogP contribution in [0.2, 0.25) is 0 Å². The molecule has 31 nitrogen and oxygen atoms in total. The lowest BCUT2D eigenvalue weighted by Gasteiger charge is -2.33. The molecule has 0 aliphatic carbocycles. The van der Waals surface area contributed by atoms with E-state index < -0.39 is 126 Å². The van der Waals surface area contributed by atoms with E-state index in [2.05, 4.69) is 31.9 Å². The van der Waals surface area contributed by atoms with Gasteiger partial charge in [-0.1, -0.05) is 61.9 Å². The molecule has 558 valence electrons. The van der Waals surface area contributed by atoms with Crippen LogP contribution in [0.1, 0.15) is 100 Å². The van der Waals surface area contributed by atoms with Crippen LogP contribution in [0.5, 0.6) is 0 Å². The molecule has 101 heavy (non-hydrogen) atoms. The summed E-state index contributed by atoms with van der Waals surface area (Å²) in [5, 5.41) is 66.5. The van der Waals surface area contributed by atoms with Crippen LogP contribution in [-0.2, 0) is 86.0 Å². The number of aliphatic hydroxyl groups is 1. The third kappa shape index (κ3) is 28.6. The highest BCUT2D eigenvalue weighted by Gasteiger charge is 2.45. The lowest BCUT2D eigenvalue weighted by atomic mass is 10.0. The molecule has 6 rings (SSSR count). The number of carbonyl (C=O) groups is 13. The molecule has 4 aliphatic heterocycles. The molecule has 0 spiro atoms. The number of carboxylic acid groups (broad SMARTS) is 4. The number of thioether (sulfide) groups is 3. The molecule has 4 aliphatic rings. The van der Waals surface area contributed by atoms with Crippen molar-refractivity contribution in [1.82, 2.24) is 61.3 Å². The number of carbonyl (C=O) groups excluding carboxylic acids is 9. The van der Waals surface area contributed by atoms with E-state index in [1.54, 1.807) is 56.8 Å². The normalized spacial score (nSPS) is 23.4. The number of amides is 9. The maximum atomic E-state index is 14.8. The van der Waals surface area contributed by atoms with Gasteiger partial charge >= 0.3 is 23.9 Å². The first-order valence-corrected chi connectivity index (χ1v) is 37.7. The van der Waals surface area contributed by atoms with E-state index in [-0.39, 0.29) is 146 Å². The summed E-state index contributed by atoms with van der Waals surface area (Å²) >= 11 is 4.19. The van der Waals surface area contributed by atoms with Gasteiger partial charge in [-0.15, -0.1) is 0 Å².